The minimum absolute atomic E-state index is 0.00939. The molecule has 130 valence electrons. The van der Waals surface area contributed by atoms with Crippen molar-refractivity contribution in [1.82, 2.24) is 4.90 Å². The van der Waals surface area contributed by atoms with Crippen LogP contribution < -0.4 is 4.90 Å². The van der Waals surface area contributed by atoms with Crippen molar-refractivity contribution in [1.29, 1.82) is 0 Å². The first-order valence-electron chi connectivity index (χ1n) is 8.26. The molecule has 2 rings (SSSR count). The highest BCUT2D eigenvalue weighted by Crippen LogP contribution is 2.27. The summed E-state index contributed by atoms with van der Waals surface area (Å²) in [6, 6.07) is 7.70. The fourth-order valence-electron chi connectivity index (χ4n) is 2.97. The Morgan fingerprint density at radius 1 is 1.25 bits per heavy atom. The van der Waals surface area contributed by atoms with Crippen molar-refractivity contribution in [3.63, 3.8) is 0 Å². The Morgan fingerprint density at radius 2 is 1.96 bits per heavy atom. The molecule has 1 N–H and O–H groups in total. The predicted molar refractivity (Wildman–Crippen MR) is 90.8 cm³/mol. The molecular formula is C18H24N2O4. The molecule has 0 radical (unpaired) electrons. The maximum absolute atomic E-state index is 12.4. The monoisotopic (exact) mass is 332 g/mol. The molecule has 0 unspecified atom stereocenters. The van der Waals surface area contributed by atoms with Gasteiger partial charge < -0.3 is 14.9 Å². The summed E-state index contributed by atoms with van der Waals surface area (Å²) in [6.45, 7) is 4.25. The zero-order chi connectivity index (χ0) is 17.7. The highest BCUT2D eigenvalue weighted by atomic mass is 16.4. The van der Waals surface area contributed by atoms with Gasteiger partial charge in [0.05, 0.1) is 0 Å². The van der Waals surface area contributed by atoms with E-state index in [-0.39, 0.29) is 37.2 Å². The van der Waals surface area contributed by atoms with Crippen molar-refractivity contribution in [2.24, 2.45) is 5.92 Å². The molecule has 6 nitrogen and oxygen atoms in total. The second-order valence-corrected chi connectivity index (χ2v) is 6.49. The maximum atomic E-state index is 12.4. The highest BCUT2D eigenvalue weighted by molar-refractivity contribution is 5.97. The maximum Gasteiger partial charge on any atom is 0.323 e. The second-order valence-electron chi connectivity index (χ2n) is 6.49. The number of anilines is 1. The first-order valence-corrected chi connectivity index (χ1v) is 8.26. The van der Waals surface area contributed by atoms with Gasteiger partial charge in [0.1, 0.15) is 6.54 Å². The molecule has 1 aliphatic heterocycles. The molecule has 1 aliphatic rings. The normalized spacial score (nSPS) is 13.8. The molecule has 0 aliphatic carbocycles. The van der Waals surface area contributed by atoms with E-state index < -0.39 is 5.97 Å². The predicted octanol–water partition coefficient (Wildman–Crippen LogP) is 1.93. The zero-order valence-corrected chi connectivity index (χ0v) is 14.2. The van der Waals surface area contributed by atoms with E-state index in [1.807, 2.05) is 38.1 Å². The van der Waals surface area contributed by atoms with E-state index in [4.69, 9.17) is 5.11 Å². The minimum atomic E-state index is -1.02. The number of fused-ring (bicyclic) bond motifs is 1. The van der Waals surface area contributed by atoms with E-state index in [0.29, 0.717) is 13.0 Å². The number of aryl methyl sites for hydroxylation is 1. The molecule has 6 heteroatoms. The van der Waals surface area contributed by atoms with Gasteiger partial charge in [0.2, 0.25) is 11.8 Å². The van der Waals surface area contributed by atoms with Crippen LogP contribution in [0.25, 0.3) is 0 Å². The molecule has 1 aromatic rings. The third kappa shape index (κ3) is 4.57. The van der Waals surface area contributed by atoms with E-state index in [1.54, 1.807) is 4.90 Å². The number of amides is 2. The number of nitrogens with zero attached hydrogens (tertiary/aromatic N) is 2. The highest BCUT2D eigenvalue weighted by Gasteiger charge is 2.25. The number of carbonyl (C=O) groups is 3. The average Bonchev–Trinajstić information content (AvgIpc) is 2.52. The van der Waals surface area contributed by atoms with Gasteiger partial charge in [0.25, 0.3) is 0 Å². The van der Waals surface area contributed by atoms with E-state index >= 15 is 0 Å². The summed E-state index contributed by atoms with van der Waals surface area (Å²) in [7, 11) is 0. The molecule has 2 amide bonds. The summed E-state index contributed by atoms with van der Waals surface area (Å²) in [5.74, 6) is -1.06. The molecule has 0 bridgehead atoms. The Bertz CT molecular complexity index is 627. The Hall–Kier alpha value is -2.37. The van der Waals surface area contributed by atoms with Crippen molar-refractivity contribution < 1.29 is 19.5 Å². The first-order chi connectivity index (χ1) is 11.4. The molecule has 24 heavy (non-hydrogen) atoms. The molecule has 0 spiro atoms. The van der Waals surface area contributed by atoms with Gasteiger partial charge >= 0.3 is 5.97 Å². The summed E-state index contributed by atoms with van der Waals surface area (Å²) in [4.78, 5) is 38.6. The molecule has 0 saturated heterocycles. The minimum Gasteiger partial charge on any atom is -0.480 e. The number of hydrogen-bond acceptors (Lipinski definition) is 3. The Kier molecular flexibility index (Phi) is 5.95. The lowest BCUT2D eigenvalue weighted by Crippen LogP contribution is -2.42. The SMILES string of the molecule is CC(C)CN(CC(=O)O)C(=O)CCN1C(=O)CCc2ccccc21. The summed E-state index contributed by atoms with van der Waals surface area (Å²) >= 11 is 0. The molecular weight excluding hydrogens is 308 g/mol. The number of aliphatic carboxylic acids is 1. The smallest absolute Gasteiger partial charge is 0.323 e. The summed E-state index contributed by atoms with van der Waals surface area (Å²) < 4.78 is 0. The molecule has 0 aromatic heterocycles. The van der Waals surface area contributed by atoms with Crippen LogP contribution in [0.2, 0.25) is 0 Å². The van der Waals surface area contributed by atoms with E-state index in [0.717, 1.165) is 17.7 Å². The van der Waals surface area contributed by atoms with Crippen LogP contribution in [0.3, 0.4) is 0 Å². The summed E-state index contributed by atoms with van der Waals surface area (Å²) in [5, 5.41) is 8.98. The van der Waals surface area contributed by atoms with Crippen LogP contribution in [0.4, 0.5) is 5.69 Å². The quantitative estimate of drug-likeness (QED) is 0.827. The number of para-hydroxylation sites is 1. The zero-order valence-electron chi connectivity index (χ0n) is 14.2. The number of benzene rings is 1. The fourth-order valence-corrected chi connectivity index (χ4v) is 2.97. The molecule has 0 saturated carbocycles. The van der Waals surface area contributed by atoms with E-state index in [9.17, 15) is 14.4 Å². The lowest BCUT2D eigenvalue weighted by molar-refractivity contribution is -0.144. The first kappa shape index (κ1) is 18.0. The number of carbonyl (C=O) groups excluding carboxylic acids is 2. The average molecular weight is 332 g/mol. The van der Waals surface area contributed by atoms with Gasteiger partial charge in [-0.3, -0.25) is 14.4 Å². The van der Waals surface area contributed by atoms with Gasteiger partial charge in [-0.15, -0.1) is 0 Å². The summed E-state index contributed by atoms with van der Waals surface area (Å²) in [6.07, 6.45) is 1.29. The largest absolute Gasteiger partial charge is 0.480 e. The van der Waals surface area contributed by atoms with E-state index in [1.165, 1.54) is 4.90 Å². The summed E-state index contributed by atoms with van der Waals surface area (Å²) in [5.41, 5.74) is 1.96. The third-order valence-electron chi connectivity index (χ3n) is 4.01. The van der Waals surface area contributed by atoms with Crippen LogP contribution in [-0.4, -0.2) is 47.4 Å². The van der Waals surface area contributed by atoms with Gasteiger partial charge in [-0.05, 0) is 24.0 Å². The van der Waals surface area contributed by atoms with Crippen molar-refractivity contribution in [2.75, 3.05) is 24.5 Å². The number of hydrogen-bond donors (Lipinski definition) is 1. The number of carboxylic acid groups (broad SMARTS) is 1. The van der Waals surface area contributed by atoms with Crippen LogP contribution in [0.1, 0.15) is 32.3 Å². The third-order valence-corrected chi connectivity index (χ3v) is 4.01. The van der Waals surface area contributed by atoms with Crippen LogP contribution in [0, 0.1) is 5.92 Å². The van der Waals surface area contributed by atoms with Gasteiger partial charge in [-0.2, -0.15) is 0 Å². The lowest BCUT2D eigenvalue weighted by Gasteiger charge is -2.30. The van der Waals surface area contributed by atoms with Gasteiger partial charge in [-0.1, -0.05) is 32.0 Å². The second kappa shape index (κ2) is 7.95. The van der Waals surface area contributed by atoms with Crippen molar-refractivity contribution in [3.05, 3.63) is 29.8 Å². The van der Waals surface area contributed by atoms with E-state index in [2.05, 4.69) is 0 Å². The molecule has 1 aromatic carbocycles. The number of rotatable bonds is 7. The number of carboxylic acids is 1. The molecule has 0 fully saturated rings. The van der Waals surface area contributed by atoms with Gasteiger partial charge in [0.15, 0.2) is 0 Å². The standard InChI is InChI=1S/C18H24N2O4/c1-13(2)11-19(12-18(23)24)16(21)9-10-20-15-6-4-3-5-14(15)7-8-17(20)22/h3-6,13H,7-12H2,1-2H3,(H,23,24). The fraction of sp³-hybridized carbons (Fsp3) is 0.500. The van der Waals surface area contributed by atoms with Gasteiger partial charge in [-0.25, -0.2) is 0 Å². The Labute approximate surface area is 142 Å². The van der Waals surface area contributed by atoms with Crippen molar-refractivity contribution in [3.8, 4) is 0 Å². The van der Waals surface area contributed by atoms with Crippen molar-refractivity contribution >= 4 is 23.5 Å². The molecule has 0 atom stereocenters. The Balaban J connectivity index is 2.04. The molecule has 1 heterocycles. The van der Waals surface area contributed by atoms with Crippen molar-refractivity contribution in [2.45, 2.75) is 33.1 Å². The van der Waals surface area contributed by atoms with Crippen LogP contribution in [0.5, 0.6) is 0 Å². The van der Waals surface area contributed by atoms with Crippen LogP contribution in [0.15, 0.2) is 24.3 Å². The Morgan fingerprint density at radius 3 is 2.62 bits per heavy atom. The lowest BCUT2D eigenvalue weighted by atomic mass is 10.0. The van der Waals surface area contributed by atoms with Crippen LogP contribution >= 0.6 is 0 Å². The van der Waals surface area contributed by atoms with Crippen LogP contribution in [-0.2, 0) is 20.8 Å². The topological polar surface area (TPSA) is 77.9 Å². The van der Waals surface area contributed by atoms with Gasteiger partial charge in [0, 0.05) is 31.6 Å².